The average molecular weight is 275 g/mol. The Morgan fingerprint density at radius 3 is 2.78 bits per heavy atom. The van der Waals surface area contributed by atoms with Gasteiger partial charge in [-0.15, -0.1) is 0 Å². The van der Waals surface area contributed by atoms with Crippen LogP contribution in [0.4, 0.5) is 10.1 Å². The molecule has 0 amide bonds. The van der Waals surface area contributed by atoms with Crippen LogP contribution in [-0.2, 0) is 10.0 Å². The summed E-state index contributed by atoms with van der Waals surface area (Å²) in [5, 5.41) is 3.12. The molecule has 0 fully saturated rings. The van der Waals surface area contributed by atoms with Gasteiger partial charge in [-0.3, -0.25) is 9.71 Å². The number of sulfonamides is 1. The Bertz CT molecular complexity index is 477. The first-order chi connectivity index (χ1) is 8.41. The Morgan fingerprint density at radius 2 is 2.17 bits per heavy atom. The van der Waals surface area contributed by atoms with Crippen LogP contribution in [0.5, 0.6) is 0 Å². The van der Waals surface area contributed by atoms with Crippen LogP contribution in [0.2, 0.25) is 0 Å². The summed E-state index contributed by atoms with van der Waals surface area (Å²) >= 11 is 0. The molecule has 0 unspecified atom stereocenters. The molecule has 2 N–H and O–H groups in total. The lowest BCUT2D eigenvalue weighted by atomic mass is 10.4. The standard InChI is InChI=1S/C11H18FN3O2S/c1-9(2)14-5-3-7-18(16,17)15-11-4-6-13-8-10(11)12/h4,6,8-9,14H,3,5,7H2,1-2H3,(H,13,15). The quantitative estimate of drug-likeness (QED) is 0.737. The summed E-state index contributed by atoms with van der Waals surface area (Å²) < 4.78 is 38.8. The van der Waals surface area contributed by atoms with E-state index < -0.39 is 15.8 Å². The van der Waals surface area contributed by atoms with Crippen molar-refractivity contribution in [2.45, 2.75) is 26.3 Å². The minimum Gasteiger partial charge on any atom is -0.314 e. The van der Waals surface area contributed by atoms with Crippen molar-refractivity contribution in [2.24, 2.45) is 0 Å². The smallest absolute Gasteiger partial charge is 0.232 e. The minimum absolute atomic E-state index is 0.0471. The van der Waals surface area contributed by atoms with Gasteiger partial charge in [0.05, 0.1) is 17.6 Å². The first-order valence-electron chi connectivity index (χ1n) is 5.74. The van der Waals surface area contributed by atoms with Gasteiger partial charge in [-0.2, -0.15) is 0 Å². The SMILES string of the molecule is CC(C)NCCCS(=O)(=O)Nc1ccncc1F. The third-order valence-electron chi connectivity index (χ3n) is 2.18. The van der Waals surface area contributed by atoms with Crippen molar-refractivity contribution < 1.29 is 12.8 Å². The Hall–Kier alpha value is -1.21. The zero-order chi connectivity index (χ0) is 13.6. The molecule has 102 valence electrons. The van der Waals surface area contributed by atoms with Crippen molar-refractivity contribution in [1.29, 1.82) is 0 Å². The molecule has 1 heterocycles. The molecule has 0 aliphatic heterocycles. The van der Waals surface area contributed by atoms with E-state index in [1.807, 2.05) is 13.8 Å². The molecule has 0 bridgehead atoms. The number of nitrogens with one attached hydrogen (secondary N) is 2. The van der Waals surface area contributed by atoms with Crippen LogP contribution in [0.3, 0.4) is 0 Å². The summed E-state index contributed by atoms with van der Waals surface area (Å²) in [5.41, 5.74) is -0.0678. The van der Waals surface area contributed by atoms with Gasteiger partial charge in [-0.05, 0) is 19.0 Å². The van der Waals surface area contributed by atoms with Gasteiger partial charge in [-0.25, -0.2) is 12.8 Å². The first kappa shape index (κ1) is 14.8. The fourth-order valence-electron chi connectivity index (χ4n) is 1.33. The third-order valence-corrected chi connectivity index (χ3v) is 3.54. The predicted molar refractivity (Wildman–Crippen MR) is 69.4 cm³/mol. The van der Waals surface area contributed by atoms with Crippen molar-refractivity contribution in [3.05, 3.63) is 24.3 Å². The van der Waals surface area contributed by atoms with Crippen LogP contribution in [0, 0.1) is 5.82 Å². The molecule has 1 rings (SSSR count). The number of nitrogens with zero attached hydrogens (tertiary/aromatic N) is 1. The molecule has 5 nitrogen and oxygen atoms in total. The molecule has 0 saturated heterocycles. The van der Waals surface area contributed by atoms with E-state index in [-0.39, 0.29) is 11.4 Å². The van der Waals surface area contributed by atoms with Crippen LogP contribution < -0.4 is 10.0 Å². The lowest BCUT2D eigenvalue weighted by molar-refractivity contribution is 0.570. The molecule has 0 aromatic carbocycles. The molecule has 7 heteroatoms. The van der Waals surface area contributed by atoms with Gasteiger partial charge >= 0.3 is 0 Å². The number of hydrogen-bond donors (Lipinski definition) is 2. The Balaban J connectivity index is 2.48. The average Bonchev–Trinajstić information content (AvgIpc) is 2.27. The minimum atomic E-state index is -3.51. The largest absolute Gasteiger partial charge is 0.314 e. The van der Waals surface area contributed by atoms with Crippen molar-refractivity contribution in [3.8, 4) is 0 Å². The number of pyridine rings is 1. The van der Waals surface area contributed by atoms with Gasteiger partial charge in [0.2, 0.25) is 10.0 Å². The highest BCUT2D eigenvalue weighted by molar-refractivity contribution is 7.92. The molecule has 1 aromatic heterocycles. The lowest BCUT2D eigenvalue weighted by Crippen LogP contribution is -2.26. The summed E-state index contributed by atoms with van der Waals surface area (Å²) in [5.74, 6) is -0.726. The Morgan fingerprint density at radius 1 is 1.44 bits per heavy atom. The monoisotopic (exact) mass is 275 g/mol. The molecule has 0 radical (unpaired) electrons. The van der Waals surface area contributed by atoms with E-state index in [4.69, 9.17) is 0 Å². The molecule has 0 spiro atoms. The summed E-state index contributed by atoms with van der Waals surface area (Å²) in [6.45, 7) is 4.58. The number of anilines is 1. The van der Waals surface area contributed by atoms with Crippen LogP contribution in [0.1, 0.15) is 20.3 Å². The van der Waals surface area contributed by atoms with Gasteiger partial charge in [-0.1, -0.05) is 13.8 Å². The molecule has 0 saturated carbocycles. The van der Waals surface area contributed by atoms with Crippen LogP contribution >= 0.6 is 0 Å². The van der Waals surface area contributed by atoms with E-state index in [0.29, 0.717) is 19.0 Å². The first-order valence-corrected chi connectivity index (χ1v) is 7.39. The van der Waals surface area contributed by atoms with Gasteiger partial charge in [0.1, 0.15) is 0 Å². The number of aromatic nitrogens is 1. The second-order valence-corrected chi connectivity index (χ2v) is 6.08. The maximum Gasteiger partial charge on any atom is 0.232 e. The third kappa shape index (κ3) is 5.42. The van der Waals surface area contributed by atoms with Crippen LogP contribution in [0.15, 0.2) is 18.5 Å². The fourth-order valence-corrected chi connectivity index (χ4v) is 2.46. The molecular weight excluding hydrogens is 257 g/mol. The lowest BCUT2D eigenvalue weighted by Gasteiger charge is -2.10. The number of hydrogen-bond acceptors (Lipinski definition) is 4. The van der Waals surface area contributed by atoms with Crippen molar-refractivity contribution >= 4 is 15.7 Å². The van der Waals surface area contributed by atoms with E-state index in [1.54, 1.807) is 0 Å². The highest BCUT2D eigenvalue weighted by Crippen LogP contribution is 2.13. The van der Waals surface area contributed by atoms with Gasteiger partial charge in [0.15, 0.2) is 5.82 Å². The molecule has 0 atom stereocenters. The second-order valence-electron chi connectivity index (χ2n) is 4.24. The molecule has 18 heavy (non-hydrogen) atoms. The van der Waals surface area contributed by atoms with Gasteiger partial charge < -0.3 is 5.32 Å². The summed E-state index contributed by atoms with van der Waals surface area (Å²) in [4.78, 5) is 3.55. The van der Waals surface area contributed by atoms with Gasteiger partial charge in [0.25, 0.3) is 0 Å². The normalized spacial score (nSPS) is 11.8. The zero-order valence-corrected chi connectivity index (χ0v) is 11.3. The molecule has 0 aliphatic rings. The highest BCUT2D eigenvalue weighted by atomic mass is 32.2. The van der Waals surface area contributed by atoms with Crippen molar-refractivity contribution in [2.75, 3.05) is 17.0 Å². The molecular formula is C11H18FN3O2S. The van der Waals surface area contributed by atoms with E-state index in [9.17, 15) is 12.8 Å². The Labute approximate surface area is 107 Å². The van der Waals surface area contributed by atoms with Crippen molar-refractivity contribution in [3.63, 3.8) is 0 Å². The van der Waals surface area contributed by atoms with E-state index in [2.05, 4.69) is 15.0 Å². The Kier molecular flexibility index (Phi) is 5.49. The number of rotatable bonds is 7. The maximum atomic E-state index is 13.2. The van der Waals surface area contributed by atoms with E-state index in [1.165, 1.54) is 12.3 Å². The summed E-state index contributed by atoms with van der Waals surface area (Å²) in [6.07, 6.45) is 2.78. The van der Waals surface area contributed by atoms with E-state index in [0.717, 1.165) is 6.20 Å². The van der Waals surface area contributed by atoms with Crippen LogP contribution in [0.25, 0.3) is 0 Å². The maximum absolute atomic E-state index is 13.2. The van der Waals surface area contributed by atoms with Gasteiger partial charge in [0, 0.05) is 12.2 Å². The van der Waals surface area contributed by atoms with Crippen LogP contribution in [-0.4, -0.2) is 31.7 Å². The zero-order valence-electron chi connectivity index (χ0n) is 10.5. The van der Waals surface area contributed by atoms with E-state index >= 15 is 0 Å². The highest BCUT2D eigenvalue weighted by Gasteiger charge is 2.12. The van der Waals surface area contributed by atoms with Crippen molar-refractivity contribution in [1.82, 2.24) is 10.3 Å². The predicted octanol–water partition coefficient (Wildman–Crippen LogP) is 1.35. The molecule has 1 aromatic rings. The fraction of sp³-hybridized carbons (Fsp3) is 0.545. The topological polar surface area (TPSA) is 71.1 Å². The summed E-state index contributed by atoms with van der Waals surface area (Å²) in [6, 6.07) is 1.61. The summed E-state index contributed by atoms with van der Waals surface area (Å²) in [7, 11) is -3.51. The number of halogens is 1. The second kappa shape index (κ2) is 6.65. The molecule has 0 aliphatic carbocycles.